The van der Waals surface area contributed by atoms with Crippen LogP contribution in [-0.2, 0) is 28.8 Å². The molecule has 6 nitrogen and oxygen atoms in total. The van der Waals surface area contributed by atoms with E-state index >= 15 is 0 Å². The molecular weight excluding hydrogens is 326 g/mol. The first-order valence-electron chi connectivity index (χ1n) is 7.94. The van der Waals surface area contributed by atoms with Gasteiger partial charge in [-0.05, 0) is 37.0 Å². The summed E-state index contributed by atoms with van der Waals surface area (Å²) in [5, 5.41) is 11.9. The maximum absolute atomic E-state index is 12.6. The van der Waals surface area contributed by atoms with Crippen LogP contribution in [0.3, 0.4) is 0 Å². The van der Waals surface area contributed by atoms with E-state index in [4.69, 9.17) is 4.74 Å². The van der Waals surface area contributed by atoms with Crippen molar-refractivity contribution in [3.05, 3.63) is 39.9 Å². The fourth-order valence-corrected chi connectivity index (χ4v) is 3.35. The summed E-state index contributed by atoms with van der Waals surface area (Å²) in [6.45, 7) is 5.65. The number of carbonyl (C=O) groups excluding carboxylic acids is 2. The molecule has 0 saturated carbocycles. The van der Waals surface area contributed by atoms with Crippen molar-refractivity contribution in [3.63, 3.8) is 0 Å². The molecule has 0 spiro atoms. The minimum atomic E-state index is -1.26. The summed E-state index contributed by atoms with van der Waals surface area (Å²) in [4.78, 5) is 24.9. The Morgan fingerprint density at radius 2 is 2.12 bits per heavy atom. The van der Waals surface area contributed by atoms with Crippen molar-refractivity contribution in [2.75, 3.05) is 5.32 Å². The van der Waals surface area contributed by atoms with Crippen LogP contribution in [-0.4, -0.2) is 27.7 Å². The highest BCUT2D eigenvalue weighted by molar-refractivity contribution is 7.15. The highest BCUT2D eigenvalue weighted by Crippen LogP contribution is 2.30. The number of aryl methyl sites for hydroxylation is 2. The highest BCUT2D eigenvalue weighted by atomic mass is 32.1. The monoisotopic (exact) mass is 345 g/mol. The Morgan fingerprint density at radius 1 is 1.33 bits per heavy atom. The highest BCUT2D eigenvalue weighted by Gasteiger charge is 2.43. The number of cyclic esters (lactones) is 1. The van der Waals surface area contributed by atoms with E-state index < -0.39 is 11.6 Å². The summed E-state index contributed by atoms with van der Waals surface area (Å²) in [5.74, 6) is -0.856. The third kappa shape index (κ3) is 3.03. The average Bonchev–Trinajstić information content (AvgIpc) is 3.01. The van der Waals surface area contributed by atoms with Crippen LogP contribution < -0.4 is 5.32 Å². The van der Waals surface area contributed by atoms with Gasteiger partial charge in [-0.3, -0.25) is 10.1 Å². The van der Waals surface area contributed by atoms with Gasteiger partial charge >= 0.3 is 5.97 Å². The van der Waals surface area contributed by atoms with Gasteiger partial charge in [0.05, 0.1) is 5.56 Å². The maximum atomic E-state index is 12.6. The number of hydrogen-bond acceptors (Lipinski definition) is 6. The Morgan fingerprint density at radius 3 is 2.79 bits per heavy atom. The number of benzene rings is 1. The zero-order valence-electron chi connectivity index (χ0n) is 13.9. The van der Waals surface area contributed by atoms with E-state index in [9.17, 15) is 9.59 Å². The summed E-state index contributed by atoms with van der Waals surface area (Å²) in [6.07, 6.45) is 1.97. The molecule has 1 unspecified atom stereocenters. The third-order valence-corrected chi connectivity index (χ3v) is 5.10. The van der Waals surface area contributed by atoms with Crippen LogP contribution in [0.25, 0.3) is 0 Å². The van der Waals surface area contributed by atoms with Crippen LogP contribution in [0.2, 0.25) is 0 Å². The lowest BCUT2D eigenvalue weighted by molar-refractivity contribution is -0.134. The number of rotatable bonds is 4. The van der Waals surface area contributed by atoms with E-state index in [1.807, 2.05) is 19.1 Å². The molecule has 0 aliphatic carbocycles. The normalized spacial score (nSPS) is 19.5. The van der Waals surface area contributed by atoms with Crippen LogP contribution in [0.4, 0.5) is 5.13 Å². The number of fused-ring (bicyclic) bond motifs is 1. The number of hydrogen-bond donors (Lipinski definition) is 1. The lowest BCUT2D eigenvalue weighted by Crippen LogP contribution is -2.49. The largest absolute Gasteiger partial charge is 0.445 e. The SMILES string of the molecule is CCc1ccc2c(c1)CC(C)(C(=O)Nc1nnc(CC)s1)OC2=O. The second-order valence-corrected chi connectivity index (χ2v) is 7.01. The van der Waals surface area contributed by atoms with Gasteiger partial charge in [0.1, 0.15) is 5.01 Å². The molecule has 1 aromatic carbocycles. The quantitative estimate of drug-likeness (QED) is 0.862. The number of nitrogens with zero attached hydrogens (tertiary/aromatic N) is 2. The third-order valence-electron chi connectivity index (χ3n) is 4.11. The first-order valence-corrected chi connectivity index (χ1v) is 8.75. The van der Waals surface area contributed by atoms with E-state index in [1.54, 1.807) is 13.0 Å². The number of ether oxygens (including phenoxy) is 1. The molecule has 24 heavy (non-hydrogen) atoms. The van der Waals surface area contributed by atoms with Gasteiger partial charge in [-0.1, -0.05) is 37.3 Å². The standard InChI is InChI=1S/C17H19N3O3S/c1-4-10-6-7-12-11(8-10)9-17(3,23-14(12)21)15(22)18-16-20-19-13(5-2)24-16/h6-8H,4-5,9H2,1-3H3,(H,18,20,22). The van der Waals surface area contributed by atoms with Gasteiger partial charge in [0.25, 0.3) is 5.91 Å². The van der Waals surface area contributed by atoms with Gasteiger partial charge in [-0.25, -0.2) is 4.79 Å². The van der Waals surface area contributed by atoms with Crippen molar-refractivity contribution in [2.45, 2.75) is 45.6 Å². The van der Waals surface area contributed by atoms with Gasteiger partial charge in [0, 0.05) is 6.42 Å². The first-order chi connectivity index (χ1) is 11.4. The molecule has 1 amide bonds. The molecule has 0 radical (unpaired) electrons. The summed E-state index contributed by atoms with van der Waals surface area (Å²) in [5.41, 5.74) is 1.24. The van der Waals surface area contributed by atoms with Crippen molar-refractivity contribution in [1.29, 1.82) is 0 Å². The summed E-state index contributed by atoms with van der Waals surface area (Å²) < 4.78 is 5.45. The summed E-state index contributed by atoms with van der Waals surface area (Å²) in [7, 11) is 0. The van der Waals surface area contributed by atoms with Crippen LogP contribution >= 0.6 is 11.3 Å². The molecule has 7 heteroatoms. The van der Waals surface area contributed by atoms with Crippen molar-refractivity contribution in [1.82, 2.24) is 10.2 Å². The molecular formula is C17H19N3O3S. The Labute approximate surface area is 144 Å². The van der Waals surface area contributed by atoms with Crippen LogP contribution in [0, 0.1) is 0 Å². The van der Waals surface area contributed by atoms with E-state index in [1.165, 1.54) is 11.3 Å². The minimum absolute atomic E-state index is 0.340. The molecule has 2 aromatic rings. The average molecular weight is 345 g/mol. The second kappa shape index (κ2) is 6.32. The predicted octanol–water partition coefficient (Wildman–Crippen LogP) is 2.77. The molecule has 0 saturated heterocycles. The summed E-state index contributed by atoms with van der Waals surface area (Å²) in [6, 6.07) is 5.66. The molecule has 2 heterocycles. The molecule has 3 rings (SSSR count). The molecule has 126 valence electrons. The van der Waals surface area contributed by atoms with Gasteiger partial charge < -0.3 is 4.74 Å². The van der Waals surface area contributed by atoms with E-state index in [0.29, 0.717) is 17.1 Å². The number of carbonyl (C=O) groups is 2. The van der Waals surface area contributed by atoms with Crippen LogP contribution in [0.1, 0.15) is 47.3 Å². The van der Waals surface area contributed by atoms with E-state index in [2.05, 4.69) is 22.4 Å². The molecule has 1 aliphatic heterocycles. The smallest absolute Gasteiger partial charge is 0.339 e. The lowest BCUT2D eigenvalue weighted by atomic mass is 9.88. The van der Waals surface area contributed by atoms with Crippen LogP contribution in [0.5, 0.6) is 0 Å². The molecule has 0 bridgehead atoms. The maximum Gasteiger partial charge on any atom is 0.339 e. The van der Waals surface area contributed by atoms with Crippen molar-refractivity contribution in [2.24, 2.45) is 0 Å². The van der Waals surface area contributed by atoms with Gasteiger partial charge in [-0.15, -0.1) is 10.2 Å². The van der Waals surface area contributed by atoms with Crippen molar-refractivity contribution < 1.29 is 14.3 Å². The van der Waals surface area contributed by atoms with Crippen molar-refractivity contribution in [3.8, 4) is 0 Å². The molecule has 1 aliphatic rings. The Kier molecular flexibility index (Phi) is 4.36. The Balaban J connectivity index is 1.84. The fraction of sp³-hybridized carbons (Fsp3) is 0.412. The number of anilines is 1. The molecule has 1 N–H and O–H groups in total. The number of amides is 1. The summed E-state index contributed by atoms with van der Waals surface area (Å²) >= 11 is 1.32. The molecule has 1 aromatic heterocycles. The van der Waals surface area contributed by atoms with E-state index in [0.717, 1.165) is 29.0 Å². The Hall–Kier alpha value is -2.28. The van der Waals surface area contributed by atoms with Gasteiger partial charge in [0.2, 0.25) is 5.13 Å². The first kappa shape index (κ1) is 16.6. The second-order valence-electron chi connectivity index (χ2n) is 5.95. The fourth-order valence-electron chi connectivity index (χ4n) is 2.67. The number of esters is 1. The zero-order valence-corrected chi connectivity index (χ0v) is 14.7. The zero-order chi connectivity index (χ0) is 17.3. The predicted molar refractivity (Wildman–Crippen MR) is 91.3 cm³/mol. The van der Waals surface area contributed by atoms with Crippen molar-refractivity contribution >= 4 is 28.3 Å². The Bertz CT molecular complexity index is 802. The van der Waals surface area contributed by atoms with E-state index in [-0.39, 0.29) is 5.91 Å². The minimum Gasteiger partial charge on any atom is -0.445 e. The topological polar surface area (TPSA) is 81.2 Å². The van der Waals surface area contributed by atoms with Crippen LogP contribution in [0.15, 0.2) is 18.2 Å². The van der Waals surface area contributed by atoms with Gasteiger partial charge in [0.15, 0.2) is 5.60 Å². The number of aromatic nitrogens is 2. The molecule has 1 atom stereocenters. The number of nitrogens with one attached hydrogen (secondary N) is 1. The van der Waals surface area contributed by atoms with Gasteiger partial charge in [-0.2, -0.15) is 0 Å². The lowest BCUT2D eigenvalue weighted by Gasteiger charge is -2.32. The molecule has 0 fully saturated rings.